The number of hydrogen-bond acceptors (Lipinski definition) is 4. The van der Waals surface area contributed by atoms with Gasteiger partial charge in [0.05, 0.1) is 5.69 Å². The molecule has 0 atom stereocenters. The smallest absolute Gasteiger partial charge is 0.168 e. The van der Waals surface area contributed by atoms with Gasteiger partial charge in [0.1, 0.15) is 17.5 Å². The van der Waals surface area contributed by atoms with Crippen molar-refractivity contribution in [2.45, 2.75) is 20.3 Å². The molecule has 0 aliphatic rings. The Morgan fingerprint density at radius 2 is 2.05 bits per heavy atom. The van der Waals surface area contributed by atoms with E-state index in [4.69, 9.17) is 5.73 Å². The van der Waals surface area contributed by atoms with Gasteiger partial charge in [-0.15, -0.1) is 5.10 Å². The number of hydrogen-bond donors (Lipinski definition) is 2. The van der Waals surface area contributed by atoms with E-state index in [0.29, 0.717) is 17.2 Å². The van der Waals surface area contributed by atoms with E-state index in [9.17, 15) is 5.26 Å². The minimum atomic E-state index is 0.366. The molecule has 19 heavy (non-hydrogen) atoms. The van der Waals surface area contributed by atoms with Crippen LogP contribution in [0.3, 0.4) is 0 Å². The number of aryl methyl sites for hydroxylation is 1. The van der Waals surface area contributed by atoms with Gasteiger partial charge in [-0.2, -0.15) is 5.26 Å². The number of nitrogens with one attached hydrogen (secondary N) is 1. The fourth-order valence-electron chi connectivity index (χ4n) is 1.79. The number of benzene rings is 1. The van der Waals surface area contributed by atoms with E-state index >= 15 is 0 Å². The van der Waals surface area contributed by atoms with E-state index in [1.54, 1.807) is 4.68 Å². The summed E-state index contributed by atoms with van der Waals surface area (Å²) >= 11 is 0. The predicted octanol–water partition coefficient (Wildman–Crippen LogP) is 2.46. The van der Waals surface area contributed by atoms with Crippen molar-refractivity contribution in [2.75, 3.05) is 17.6 Å². The summed E-state index contributed by atoms with van der Waals surface area (Å²) in [5, 5.41) is 16.7. The Kier molecular flexibility index (Phi) is 3.71. The fraction of sp³-hybridized carbons (Fsp3) is 0.286. The maximum Gasteiger partial charge on any atom is 0.168 e. The highest BCUT2D eigenvalue weighted by molar-refractivity contribution is 5.66. The summed E-state index contributed by atoms with van der Waals surface area (Å²) in [7, 11) is 0. The van der Waals surface area contributed by atoms with E-state index in [1.807, 2.05) is 31.2 Å². The van der Waals surface area contributed by atoms with Crippen molar-refractivity contribution in [1.29, 1.82) is 5.26 Å². The summed E-state index contributed by atoms with van der Waals surface area (Å²) in [6.45, 7) is 4.84. The summed E-state index contributed by atoms with van der Waals surface area (Å²) in [6.07, 6.45) is 0.960. The van der Waals surface area contributed by atoms with Gasteiger partial charge in [0, 0.05) is 6.54 Å². The molecule has 1 heterocycles. The Morgan fingerprint density at radius 3 is 2.63 bits per heavy atom. The third-order valence-electron chi connectivity index (χ3n) is 2.85. The summed E-state index contributed by atoms with van der Waals surface area (Å²) in [6, 6.07) is 9.95. The quantitative estimate of drug-likeness (QED) is 0.879. The molecule has 0 fully saturated rings. The third kappa shape index (κ3) is 2.52. The summed E-state index contributed by atoms with van der Waals surface area (Å²) < 4.78 is 1.59. The van der Waals surface area contributed by atoms with Crippen LogP contribution in [0.2, 0.25) is 0 Å². The number of aromatic nitrogens is 2. The van der Waals surface area contributed by atoms with Crippen LogP contribution >= 0.6 is 0 Å². The molecule has 0 aliphatic heterocycles. The van der Waals surface area contributed by atoms with Crippen molar-refractivity contribution in [2.24, 2.45) is 0 Å². The highest BCUT2D eigenvalue weighted by atomic mass is 15.3. The Balaban J connectivity index is 2.44. The van der Waals surface area contributed by atoms with E-state index in [1.165, 1.54) is 5.56 Å². The zero-order chi connectivity index (χ0) is 13.8. The van der Waals surface area contributed by atoms with Gasteiger partial charge in [-0.1, -0.05) is 24.6 Å². The molecule has 0 amide bonds. The lowest BCUT2D eigenvalue weighted by atomic mass is 10.2. The standard InChI is InChI=1S/C14H17N5/c1-3-8-17-14-12(9-15)13(16)19(18-14)11-6-4-10(2)5-7-11/h4-7H,3,8,16H2,1-2H3,(H,17,18). The Bertz CT molecular complexity index is 604. The van der Waals surface area contributed by atoms with Gasteiger partial charge in [-0.3, -0.25) is 0 Å². The number of nitrogens with two attached hydrogens (primary N) is 1. The lowest BCUT2D eigenvalue weighted by molar-refractivity contribution is 0.880. The van der Waals surface area contributed by atoms with Gasteiger partial charge in [0.25, 0.3) is 0 Å². The van der Waals surface area contributed by atoms with E-state index in [2.05, 4.69) is 23.4 Å². The van der Waals surface area contributed by atoms with Crippen molar-refractivity contribution >= 4 is 11.6 Å². The molecule has 2 aromatic rings. The Hall–Kier alpha value is -2.48. The first-order valence-electron chi connectivity index (χ1n) is 6.27. The largest absolute Gasteiger partial charge is 0.382 e. The van der Waals surface area contributed by atoms with Crippen LogP contribution in [0, 0.1) is 18.3 Å². The van der Waals surface area contributed by atoms with Gasteiger partial charge >= 0.3 is 0 Å². The minimum absolute atomic E-state index is 0.366. The lowest BCUT2D eigenvalue weighted by Gasteiger charge is -2.03. The average Bonchev–Trinajstić information content (AvgIpc) is 2.73. The van der Waals surface area contributed by atoms with Crippen molar-refractivity contribution in [3.63, 3.8) is 0 Å². The van der Waals surface area contributed by atoms with Crippen molar-refractivity contribution in [3.05, 3.63) is 35.4 Å². The SMILES string of the molecule is CCCNc1nn(-c2ccc(C)cc2)c(N)c1C#N. The molecular formula is C14H17N5. The van der Waals surface area contributed by atoms with Crippen molar-refractivity contribution < 1.29 is 0 Å². The number of anilines is 2. The molecule has 3 N–H and O–H groups in total. The summed E-state index contributed by atoms with van der Waals surface area (Å²) in [5.41, 5.74) is 8.41. The Labute approximate surface area is 112 Å². The molecule has 2 rings (SSSR count). The maximum atomic E-state index is 9.18. The lowest BCUT2D eigenvalue weighted by Crippen LogP contribution is -2.03. The van der Waals surface area contributed by atoms with Crippen LogP contribution in [0.15, 0.2) is 24.3 Å². The Morgan fingerprint density at radius 1 is 1.37 bits per heavy atom. The van der Waals surface area contributed by atoms with Gasteiger partial charge < -0.3 is 11.1 Å². The van der Waals surface area contributed by atoms with Crippen LogP contribution in [0.4, 0.5) is 11.6 Å². The number of nitrogens with zero attached hydrogens (tertiary/aromatic N) is 3. The molecule has 0 aliphatic carbocycles. The predicted molar refractivity (Wildman–Crippen MR) is 76.2 cm³/mol. The molecule has 5 heteroatoms. The molecule has 1 aromatic carbocycles. The number of nitrogen functional groups attached to an aromatic ring is 1. The van der Waals surface area contributed by atoms with E-state index < -0.39 is 0 Å². The fourth-order valence-corrected chi connectivity index (χ4v) is 1.79. The molecule has 0 radical (unpaired) electrons. The zero-order valence-electron chi connectivity index (χ0n) is 11.1. The van der Waals surface area contributed by atoms with Crippen LogP contribution in [-0.2, 0) is 0 Å². The molecule has 0 saturated heterocycles. The van der Waals surface area contributed by atoms with Crippen LogP contribution < -0.4 is 11.1 Å². The first-order valence-corrected chi connectivity index (χ1v) is 6.27. The van der Waals surface area contributed by atoms with Crippen molar-refractivity contribution in [1.82, 2.24) is 9.78 Å². The molecule has 0 bridgehead atoms. The normalized spacial score (nSPS) is 10.2. The number of nitriles is 1. The maximum absolute atomic E-state index is 9.18. The first-order chi connectivity index (χ1) is 9.17. The molecule has 0 unspecified atom stereocenters. The summed E-state index contributed by atoms with van der Waals surface area (Å²) in [4.78, 5) is 0. The van der Waals surface area contributed by atoms with Crippen molar-refractivity contribution in [3.8, 4) is 11.8 Å². The topological polar surface area (TPSA) is 79.7 Å². The van der Waals surface area contributed by atoms with Crippen LogP contribution in [-0.4, -0.2) is 16.3 Å². The van der Waals surface area contributed by atoms with Gasteiger partial charge in [0.2, 0.25) is 0 Å². The molecule has 1 aromatic heterocycles. The molecule has 98 valence electrons. The van der Waals surface area contributed by atoms with E-state index in [0.717, 1.165) is 18.7 Å². The van der Waals surface area contributed by atoms with Gasteiger partial charge in [0.15, 0.2) is 5.82 Å². The number of rotatable bonds is 4. The zero-order valence-corrected chi connectivity index (χ0v) is 11.1. The highest BCUT2D eigenvalue weighted by Gasteiger charge is 2.15. The minimum Gasteiger partial charge on any atom is -0.382 e. The van der Waals surface area contributed by atoms with Crippen LogP contribution in [0.5, 0.6) is 0 Å². The van der Waals surface area contributed by atoms with Crippen LogP contribution in [0.25, 0.3) is 5.69 Å². The molecular weight excluding hydrogens is 238 g/mol. The van der Waals surface area contributed by atoms with Gasteiger partial charge in [-0.25, -0.2) is 4.68 Å². The second-order valence-corrected chi connectivity index (χ2v) is 4.39. The van der Waals surface area contributed by atoms with E-state index in [-0.39, 0.29) is 0 Å². The molecule has 0 spiro atoms. The highest BCUT2D eigenvalue weighted by Crippen LogP contribution is 2.24. The second kappa shape index (κ2) is 5.44. The molecule has 5 nitrogen and oxygen atoms in total. The van der Waals surface area contributed by atoms with Gasteiger partial charge in [-0.05, 0) is 25.5 Å². The molecule has 0 saturated carbocycles. The monoisotopic (exact) mass is 255 g/mol. The second-order valence-electron chi connectivity index (χ2n) is 4.39. The third-order valence-corrected chi connectivity index (χ3v) is 2.85. The first kappa shape index (κ1) is 13.0. The average molecular weight is 255 g/mol. The van der Waals surface area contributed by atoms with Crippen LogP contribution in [0.1, 0.15) is 24.5 Å². The summed E-state index contributed by atoms with van der Waals surface area (Å²) in [5.74, 6) is 0.910.